The van der Waals surface area contributed by atoms with E-state index in [4.69, 9.17) is 4.74 Å². The van der Waals surface area contributed by atoms with Crippen LogP contribution in [0.15, 0.2) is 47.4 Å². The number of carbonyl (C=O) groups is 2. The van der Waals surface area contributed by atoms with Crippen molar-refractivity contribution >= 4 is 43.0 Å². The molecule has 0 aromatic heterocycles. The topological polar surface area (TPSA) is 148 Å². The predicted octanol–water partition coefficient (Wildman–Crippen LogP) is 1.37. The highest BCUT2D eigenvalue weighted by atomic mass is 32.2. The van der Waals surface area contributed by atoms with Gasteiger partial charge in [-0.15, -0.1) is 0 Å². The van der Waals surface area contributed by atoms with Crippen LogP contribution in [0.5, 0.6) is 5.75 Å². The Kier molecular flexibility index (Phi) is 6.74. The predicted molar refractivity (Wildman–Crippen MR) is 119 cm³/mol. The third-order valence-corrected chi connectivity index (χ3v) is 7.89. The van der Waals surface area contributed by atoms with Crippen LogP contribution in [-0.2, 0) is 24.7 Å². The molecule has 2 amide bonds. The summed E-state index contributed by atoms with van der Waals surface area (Å²) in [5.41, 5.74) is 0.579. The van der Waals surface area contributed by atoms with Crippen LogP contribution in [0.3, 0.4) is 0 Å². The van der Waals surface area contributed by atoms with Crippen molar-refractivity contribution in [3.05, 3.63) is 48.0 Å². The zero-order chi connectivity index (χ0) is 23.5. The van der Waals surface area contributed by atoms with Crippen LogP contribution in [0, 0.1) is 0 Å². The van der Waals surface area contributed by atoms with Gasteiger partial charge >= 0.3 is 0 Å². The first-order valence-corrected chi connectivity index (χ1v) is 12.9. The Labute approximate surface area is 186 Å². The fraction of sp³-hybridized carbons (Fsp3) is 0.300. The monoisotopic (exact) mass is 481 g/mol. The fourth-order valence-electron chi connectivity index (χ4n) is 3.28. The van der Waals surface area contributed by atoms with Crippen molar-refractivity contribution in [3.8, 4) is 5.75 Å². The highest BCUT2D eigenvalue weighted by Crippen LogP contribution is 2.29. The molecule has 0 unspecified atom stereocenters. The molecule has 0 spiro atoms. The zero-order valence-corrected chi connectivity index (χ0v) is 19.0. The average Bonchev–Trinajstić information content (AvgIpc) is 3.05. The second-order valence-electron chi connectivity index (χ2n) is 7.31. The molecule has 0 aliphatic carbocycles. The minimum absolute atomic E-state index is 0.0250. The summed E-state index contributed by atoms with van der Waals surface area (Å²) in [6, 6.07) is 9.52. The molecule has 12 heteroatoms. The molecule has 1 aliphatic heterocycles. The molecule has 10 nitrogen and oxygen atoms in total. The highest BCUT2D eigenvalue weighted by molar-refractivity contribution is 7.93. The van der Waals surface area contributed by atoms with Crippen molar-refractivity contribution in [2.45, 2.75) is 24.3 Å². The smallest absolute Gasteiger partial charge is 0.265 e. The summed E-state index contributed by atoms with van der Waals surface area (Å²) in [5.74, 6) is -0.881. The molecule has 2 aromatic rings. The van der Waals surface area contributed by atoms with E-state index in [9.17, 15) is 26.4 Å². The zero-order valence-electron chi connectivity index (χ0n) is 17.4. The van der Waals surface area contributed by atoms with Gasteiger partial charge in [-0.3, -0.25) is 14.3 Å². The Balaban J connectivity index is 1.81. The van der Waals surface area contributed by atoms with Gasteiger partial charge in [-0.2, -0.15) is 0 Å². The van der Waals surface area contributed by atoms with Crippen LogP contribution in [0.2, 0.25) is 0 Å². The Morgan fingerprint density at radius 1 is 1.09 bits per heavy atom. The second kappa shape index (κ2) is 9.17. The molecule has 0 bridgehead atoms. The van der Waals surface area contributed by atoms with E-state index in [1.807, 2.05) is 0 Å². The van der Waals surface area contributed by atoms with Gasteiger partial charge < -0.3 is 15.4 Å². The molecular formula is C20H23N3O7S2. The summed E-state index contributed by atoms with van der Waals surface area (Å²) in [6.07, 6.45) is 0.338. The Hall–Kier alpha value is -3.12. The molecular weight excluding hydrogens is 458 g/mol. The van der Waals surface area contributed by atoms with Crippen molar-refractivity contribution in [1.82, 2.24) is 5.32 Å². The third kappa shape index (κ3) is 5.77. The van der Waals surface area contributed by atoms with E-state index in [0.29, 0.717) is 6.42 Å². The quantitative estimate of drug-likeness (QED) is 0.541. The lowest BCUT2D eigenvalue weighted by molar-refractivity contribution is -0.114. The Morgan fingerprint density at radius 3 is 2.47 bits per heavy atom. The molecule has 3 rings (SSSR count). The first-order valence-electron chi connectivity index (χ1n) is 9.59. The first-order chi connectivity index (χ1) is 15.0. The molecule has 1 atom stereocenters. The Morgan fingerprint density at radius 2 is 1.84 bits per heavy atom. The van der Waals surface area contributed by atoms with Crippen molar-refractivity contribution < 1.29 is 31.2 Å². The second-order valence-corrected chi connectivity index (χ2v) is 11.2. The molecule has 2 aromatic carbocycles. The first kappa shape index (κ1) is 23.5. The largest absolute Gasteiger partial charge is 0.495 e. The number of ether oxygens (including phenoxy) is 1. The van der Waals surface area contributed by atoms with Crippen LogP contribution in [0.25, 0.3) is 0 Å². The maximum absolute atomic E-state index is 13.0. The van der Waals surface area contributed by atoms with Gasteiger partial charge in [0, 0.05) is 29.9 Å². The van der Waals surface area contributed by atoms with Gasteiger partial charge in [0.25, 0.3) is 15.9 Å². The summed E-state index contributed by atoms with van der Waals surface area (Å²) in [5, 5.41) is 5.17. The number of rotatable bonds is 7. The number of hydrogen-bond acceptors (Lipinski definition) is 7. The molecule has 172 valence electrons. The number of hydrogen-bond donors (Lipinski definition) is 3. The lowest BCUT2D eigenvalue weighted by atomic mass is 10.1. The summed E-state index contributed by atoms with van der Waals surface area (Å²) in [4.78, 5) is 23.6. The van der Waals surface area contributed by atoms with Crippen LogP contribution in [0.4, 0.5) is 11.4 Å². The molecule has 1 fully saturated rings. The fourth-order valence-corrected chi connectivity index (χ4v) is 6.20. The van der Waals surface area contributed by atoms with Crippen LogP contribution >= 0.6 is 0 Å². The van der Waals surface area contributed by atoms with Crippen molar-refractivity contribution in [2.24, 2.45) is 0 Å². The maximum atomic E-state index is 13.0. The standard InChI is InChI=1S/C20H23N3O7S2/c1-13(24)21-15-6-7-18(30-2)19(11-15)32(28,29)23-16-5-3-4-14(10-16)20(25)22-17-8-9-31(26,27)12-17/h3-7,10-11,17,23H,8-9,12H2,1-2H3,(H,21,24)(H,22,25)/t17-/m0/s1. The summed E-state index contributed by atoms with van der Waals surface area (Å²) in [7, 11) is -5.96. The molecule has 3 N–H and O–H groups in total. The molecule has 1 saturated heterocycles. The molecule has 1 heterocycles. The average molecular weight is 482 g/mol. The van der Waals surface area contributed by atoms with E-state index in [2.05, 4.69) is 15.4 Å². The number of carbonyl (C=O) groups excluding carboxylic acids is 2. The van der Waals surface area contributed by atoms with Gasteiger partial charge in [0.1, 0.15) is 10.6 Å². The summed E-state index contributed by atoms with van der Waals surface area (Å²) in [6.45, 7) is 1.30. The van der Waals surface area contributed by atoms with E-state index >= 15 is 0 Å². The number of nitrogens with one attached hydrogen (secondary N) is 3. The van der Waals surface area contributed by atoms with E-state index in [0.717, 1.165) is 0 Å². The number of amides is 2. The number of benzene rings is 2. The minimum Gasteiger partial charge on any atom is -0.495 e. The van der Waals surface area contributed by atoms with Gasteiger partial charge in [0.05, 0.1) is 18.6 Å². The number of sulfone groups is 1. The van der Waals surface area contributed by atoms with E-state index < -0.39 is 31.8 Å². The third-order valence-electron chi connectivity index (χ3n) is 4.72. The molecule has 0 radical (unpaired) electrons. The van der Waals surface area contributed by atoms with E-state index in [1.165, 1.54) is 56.5 Å². The van der Waals surface area contributed by atoms with Gasteiger partial charge in [-0.25, -0.2) is 16.8 Å². The van der Waals surface area contributed by atoms with Crippen LogP contribution in [-0.4, -0.2) is 53.3 Å². The Bertz CT molecular complexity index is 1260. The number of anilines is 2. The van der Waals surface area contributed by atoms with Crippen molar-refractivity contribution in [1.29, 1.82) is 0 Å². The normalized spacial score (nSPS) is 17.4. The minimum atomic E-state index is -4.13. The summed E-state index contributed by atoms with van der Waals surface area (Å²) < 4.78 is 56.6. The SMILES string of the molecule is COc1ccc(NC(C)=O)cc1S(=O)(=O)Nc1cccc(C(=O)N[C@H]2CCS(=O)(=O)C2)c1. The molecule has 0 saturated carbocycles. The van der Waals surface area contributed by atoms with Crippen molar-refractivity contribution in [3.63, 3.8) is 0 Å². The number of sulfonamides is 1. The highest BCUT2D eigenvalue weighted by Gasteiger charge is 2.29. The lowest BCUT2D eigenvalue weighted by Crippen LogP contribution is -2.35. The van der Waals surface area contributed by atoms with Crippen molar-refractivity contribution in [2.75, 3.05) is 28.7 Å². The van der Waals surface area contributed by atoms with E-state index in [1.54, 1.807) is 0 Å². The van der Waals surface area contributed by atoms with Crippen LogP contribution < -0.4 is 20.1 Å². The molecule has 32 heavy (non-hydrogen) atoms. The number of methoxy groups -OCH3 is 1. The van der Waals surface area contributed by atoms with Crippen LogP contribution in [0.1, 0.15) is 23.7 Å². The summed E-state index contributed by atoms with van der Waals surface area (Å²) >= 11 is 0. The maximum Gasteiger partial charge on any atom is 0.265 e. The van der Waals surface area contributed by atoms with Gasteiger partial charge in [-0.1, -0.05) is 6.07 Å². The van der Waals surface area contributed by atoms with Gasteiger partial charge in [-0.05, 0) is 42.8 Å². The molecule has 1 aliphatic rings. The van der Waals surface area contributed by atoms with Gasteiger partial charge in [0.2, 0.25) is 5.91 Å². The van der Waals surface area contributed by atoms with E-state index in [-0.39, 0.29) is 45.0 Å². The van der Waals surface area contributed by atoms with Gasteiger partial charge in [0.15, 0.2) is 9.84 Å². The lowest BCUT2D eigenvalue weighted by Gasteiger charge is -2.14.